The van der Waals surface area contributed by atoms with Gasteiger partial charge < -0.3 is 9.84 Å². The largest absolute Gasteiger partial charge is 0.481 e. The van der Waals surface area contributed by atoms with Gasteiger partial charge in [-0.15, -0.1) is 0 Å². The molecule has 0 aliphatic rings. The Kier molecular flexibility index (Phi) is 5.27. The summed E-state index contributed by atoms with van der Waals surface area (Å²) in [7, 11) is 0. The lowest BCUT2D eigenvalue weighted by atomic mass is 10.2. The van der Waals surface area contributed by atoms with E-state index in [2.05, 4.69) is 11.3 Å². The molecule has 0 saturated carbocycles. The number of carboxylic acid groups (broad SMARTS) is 1. The van der Waals surface area contributed by atoms with Crippen LogP contribution in [0.25, 0.3) is 0 Å². The van der Waals surface area contributed by atoms with Gasteiger partial charge in [0.1, 0.15) is 6.61 Å². The summed E-state index contributed by atoms with van der Waals surface area (Å²) >= 11 is 0. The third-order valence-corrected chi connectivity index (χ3v) is 1.24. The van der Waals surface area contributed by atoms with E-state index in [-0.39, 0.29) is 13.0 Å². The summed E-state index contributed by atoms with van der Waals surface area (Å²) < 4.78 is 4.67. The Bertz CT molecular complexity index is 240. The zero-order valence-corrected chi connectivity index (χ0v) is 7.45. The highest BCUT2D eigenvalue weighted by molar-refractivity contribution is 5.88. The SMILES string of the molecule is C=CCOC(=O)C(C)=CCC(=O)O. The van der Waals surface area contributed by atoms with Crippen molar-refractivity contribution in [1.82, 2.24) is 0 Å². The van der Waals surface area contributed by atoms with Gasteiger partial charge in [0.25, 0.3) is 0 Å². The summed E-state index contributed by atoms with van der Waals surface area (Å²) in [5, 5.41) is 8.31. The van der Waals surface area contributed by atoms with Gasteiger partial charge in [0.2, 0.25) is 0 Å². The summed E-state index contributed by atoms with van der Waals surface area (Å²) in [6.07, 6.45) is 2.59. The molecule has 0 amide bonds. The van der Waals surface area contributed by atoms with E-state index in [4.69, 9.17) is 5.11 Å². The lowest BCUT2D eigenvalue weighted by molar-refractivity contribution is -0.137. The van der Waals surface area contributed by atoms with Crippen LogP contribution in [0.2, 0.25) is 0 Å². The Morgan fingerprint density at radius 3 is 2.62 bits per heavy atom. The molecule has 0 rings (SSSR count). The molecule has 0 spiro atoms. The second-order valence-electron chi connectivity index (χ2n) is 2.37. The minimum atomic E-state index is -0.976. The number of carboxylic acids is 1. The zero-order valence-electron chi connectivity index (χ0n) is 7.45. The number of carbonyl (C=O) groups is 2. The van der Waals surface area contributed by atoms with Crippen LogP contribution in [0, 0.1) is 0 Å². The highest BCUT2D eigenvalue weighted by atomic mass is 16.5. The van der Waals surface area contributed by atoms with E-state index in [1.54, 1.807) is 0 Å². The third-order valence-electron chi connectivity index (χ3n) is 1.24. The molecule has 0 atom stereocenters. The molecular weight excluding hydrogens is 172 g/mol. The number of esters is 1. The second-order valence-corrected chi connectivity index (χ2v) is 2.37. The Morgan fingerprint density at radius 2 is 2.15 bits per heavy atom. The Hall–Kier alpha value is -1.58. The number of ether oxygens (including phenoxy) is 1. The van der Waals surface area contributed by atoms with Crippen molar-refractivity contribution in [3.8, 4) is 0 Å². The predicted octanol–water partition coefficient (Wildman–Crippen LogP) is 1.14. The van der Waals surface area contributed by atoms with Crippen molar-refractivity contribution in [2.24, 2.45) is 0 Å². The number of rotatable bonds is 5. The molecule has 4 nitrogen and oxygen atoms in total. The first-order chi connectivity index (χ1) is 6.07. The maximum atomic E-state index is 11.0. The summed E-state index contributed by atoms with van der Waals surface area (Å²) in [5.41, 5.74) is 0.296. The lowest BCUT2D eigenvalue weighted by Crippen LogP contribution is -2.06. The lowest BCUT2D eigenvalue weighted by Gasteiger charge is -2.00. The van der Waals surface area contributed by atoms with Crippen molar-refractivity contribution >= 4 is 11.9 Å². The molecule has 0 aliphatic carbocycles. The predicted molar refractivity (Wildman–Crippen MR) is 47.2 cm³/mol. The Labute approximate surface area is 76.5 Å². The molecule has 0 bridgehead atoms. The van der Waals surface area contributed by atoms with E-state index in [1.807, 2.05) is 0 Å². The van der Waals surface area contributed by atoms with Gasteiger partial charge in [-0.05, 0) is 6.92 Å². The summed E-state index contributed by atoms with van der Waals surface area (Å²) in [6.45, 7) is 5.02. The number of hydrogen-bond donors (Lipinski definition) is 1. The topological polar surface area (TPSA) is 63.6 Å². The second kappa shape index (κ2) is 5.99. The fraction of sp³-hybridized carbons (Fsp3) is 0.333. The normalized spacial score (nSPS) is 10.7. The monoisotopic (exact) mass is 184 g/mol. The molecule has 0 aromatic rings. The first kappa shape index (κ1) is 11.4. The highest BCUT2D eigenvalue weighted by Crippen LogP contribution is 1.98. The van der Waals surface area contributed by atoms with E-state index < -0.39 is 11.9 Å². The molecule has 0 aliphatic heterocycles. The molecule has 1 N–H and O–H groups in total. The summed E-state index contributed by atoms with van der Waals surface area (Å²) in [6, 6.07) is 0. The molecule has 0 radical (unpaired) electrons. The maximum Gasteiger partial charge on any atom is 0.333 e. The minimum absolute atomic E-state index is 0.136. The smallest absolute Gasteiger partial charge is 0.333 e. The Balaban J connectivity index is 4.00. The Morgan fingerprint density at radius 1 is 1.54 bits per heavy atom. The van der Waals surface area contributed by atoms with Crippen LogP contribution >= 0.6 is 0 Å². The maximum absolute atomic E-state index is 11.0. The number of carbonyl (C=O) groups excluding carboxylic acids is 1. The number of aliphatic carboxylic acids is 1. The standard InChI is InChI=1S/C9H12O4/c1-3-6-13-9(12)7(2)4-5-8(10)11/h3-4H,1,5-6H2,2H3,(H,10,11). The molecule has 0 heterocycles. The van der Waals surface area contributed by atoms with Gasteiger partial charge in [-0.3, -0.25) is 4.79 Å². The molecule has 72 valence electrons. The molecule has 0 unspecified atom stereocenters. The van der Waals surface area contributed by atoms with Crippen LogP contribution < -0.4 is 0 Å². The van der Waals surface area contributed by atoms with Crippen molar-refractivity contribution in [2.45, 2.75) is 13.3 Å². The van der Waals surface area contributed by atoms with Crippen molar-refractivity contribution in [3.05, 3.63) is 24.3 Å². The summed E-state index contributed by atoms with van der Waals surface area (Å²) in [5.74, 6) is -1.49. The average molecular weight is 184 g/mol. The third kappa shape index (κ3) is 5.66. The molecule has 13 heavy (non-hydrogen) atoms. The van der Waals surface area contributed by atoms with Gasteiger partial charge in [-0.1, -0.05) is 18.7 Å². The van der Waals surface area contributed by atoms with Crippen LogP contribution in [-0.4, -0.2) is 23.7 Å². The van der Waals surface area contributed by atoms with Crippen molar-refractivity contribution in [3.63, 3.8) is 0 Å². The van der Waals surface area contributed by atoms with Crippen LogP contribution in [0.5, 0.6) is 0 Å². The van der Waals surface area contributed by atoms with E-state index in [0.717, 1.165) is 0 Å². The van der Waals surface area contributed by atoms with Gasteiger partial charge in [0.15, 0.2) is 0 Å². The van der Waals surface area contributed by atoms with Gasteiger partial charge in [-0.2, -0.15) is 0 Å². The molecule has 0 fully saturated rings. The summed E-state index contributed by atoms with van der Waals surface area (Å²) in [4.78, 5) is 21.1. The van der Waals surface area contributed by atoms with Gasteiger partial charge >= 0.3 is 11.9 Å². The average Bonchev–Trinajstić information content (AvgIpc) is 2.10. The van der Waals surface area contributed by atoms with Crippen molar-refractivity contribution < 1.29 is 19.4 Å². The fourth-order valence-corrected chi connectivity index (χ4v) is 0.572. The van der Waals surface area contributed by atoms with E-state index in [9.17, 15) is 9.59 Å². The van der Waals surface area contributed by atoms with Crippen LogP contribution in [-0.2, 0) is 14.3 Å². The highest BCUT2D eigenvalue weighted by Gasteiger charge is 2.04. The fourth-order valence-electron chi connectivity index (χ4n) is 0.572. The first-order valence-electron chi connectivity index (χ1n) is 3.74. The number of hydrogen-bond acceptors (Lipinski definition) is 3. The van der Waals surface area contributed by atoms with Gasteiger partial charge in [0, 0.05) is 5.57 Å². The quantitative estimate of drug-likeness (QED) is 0.395. The van der Waals surface area contributed by atoms with Gasteiger partial charge in [-0.25, -0.2) is 4.79 Å². The molecule has 0 aromatic heterocycles. The molecular formula is C9H12O4. The molecule has 4 heteroatoms. The van der Waals surface area contributed by atoms with E-state index in [1.165, 1.54) is 19.1 Å². The van der Waals surface area contributed by atoms with Crippen LogP contribution in [0.3, 0.4) is 0 Å². The van der Waals surface area contributed by atoms with E-state index in [0.29, 0.717) is 5.57 Å². The van der Waals surface area contributed by atoms with Gasteiger partial charge in [0.05, 0.1) is 6.42 Å². The van der Waals surface area contributed by atoms with Crippen molar-refractivity contribution in [1.29, 1.82) is 0 Å². The van der Waals surface area contributed by atoms with E-state index >= 15 is 0 Å². The van der Waals surface area contributed by atoms with Crippen LogP contribution in [0.1, 0.15) is 13.3 Å². The van der Waals surface area contributed by atoms with Crippen molar-refractivity contribution in [2.75, 3.05) is 6.61 Å². The first-order valence-corrected chi connectivity index (χ1v) is 3.74. The minimum Gasteiger partial charge on any atom is -0.481 e. The van der Waals surface area contributed by atoms with Crippen LogP contribution in [0.15, 0.2) is 24.3 Å². The zero-order chi connectivity index (χ0) is 10.3. The van der Waals surface area contributed by atoms with Crippen LogP contribution in [0.4, 0.5) is 0 Å². The molecule has 0 aromatic carbocycles. The molecule has 0 saturated heterocycles.